The van der Waals surface area contributed by atoms with E-state index in [9.17, 15) is 9.59 Å². The van der Waals surface area contributed by atoms with Gasteiger partial charge in [-0.1, -0.05) is 50.8 Å². The van der Waals surface area contributed by atoms with Crippen molar-refractivity contribution < 1.29 is 4.79 Å². The van der Waals surface area contributed by atoms with Crippen LogP contribution in [0, 0.1) is 5.92 Å². The number of carbonyl (C=O) groups excluding carboxylic acids is 1. The van der Waals surface area contributed by atoms with Gasteiger partial charge < -0.3 is 4.98 Å². The van der Waals surface area contributed by atoms with Gasteiger partial charge in [0.25, 0.3) is 5.56 Å². The number of thiophene rings is 1. The maximum Gasteiger partial charge on any atom is 0.260 e. The lowest BCUT2D eigenvalue weighted by atomic mass is 9.89. The molecule has 2 N–H and O–H groups in total. The molecule has 3 heterocycles. The van der Waals surface area contributed by atoms with Gasteiger partial charge in [0.15, 0.2) is 5.16 Å². The Morgan fingerprint density at radius 1 is 1.33 bits per heavy atom. The number of nitrogens with zero attached hydrogens (tertiary/aromatic N) is 3. The summed E-state index contributed by atoms with van der Waals surface area (Å²) in [6, 6.07) is 0. The highest BCUT2D eigenvalue weighted by Gasteiger charge is 2.25. The highest BCUT2D eigenvalue weighted by molar-refractivity contribution is 8.00. The van der Waals surface area contributed by atoms with E-state index in [-0.39, 0.29) is 22.6 Å². The van der Waals surface area contributed by atoms with Gasteiger partial charge >= 0.3 is 0 Å². The van der Waals surface area contributed by atoms with Gasteiger partial charge in [-0.3, -0.25) is 14.9 Å². The van der Waals surface area contributed by atoms with Gasteiger partial charge in [-0.05, 0) is 37.2 Å². The van der Waals surface area contributed by atoms with Gasteiger partial charge in [-0.2, -0.15) is 0 Å². The second-order valence-corrected chi connectivity index (χ2v) is 11.3. The van der Waals surface area contributed by atoms with Crippen LogP contribution in [0.1, 0.15) is 61.9 Å². The molecule has 1 aliphatic carbocycles. The maximum absolute atomic E-state index is 12.8. The first kappa shape index (κ1) is 21.5. The topological polar surface area (TPSA) is 101 Å². The Bertz CT molecular complexity index is 1130. The van der Waals surface area contributed by atoms with Crippen LogP contribution in [0.4, 0.5) is 5.13 Å². The van der Waals surface area contributed by atoms with Crippen molar-refractivity contribution in [2.24, 2.45) is 5.92 Å². The number of aryl methyl sites for hydroxylation is 1. The van der Waals surface area contributed by atoms with Crippen LogP contribution in [0.15, 0.2) is 9.95 Å². The number of amides is 1. The Morgan fingerprint density at radius 2 is 2.13 bits per heavy atom. The highest BCUT2D eigenvalue weighted by Crippen LogP contribution is 2.36. The monoisotopic (exact) mass is 463 g/mol. The molecule has 0 saturated heterocycles. The fourth-order valence-corrected chi connectivity index (χ4v) is 6.63. The summed E-state index contributed by atoms with van der Waals surface area (Å²) >= 11 is 4.30. The highest BCUT2D eigenvalue weighted by atomic mass is 32.2. The van der Waals surface area contributed by atoms with Gasteiger partial charge in [0, 0.05) is 10.8 Å². The first-order chi connectivity index (χ1) is 14.4. The largest absolute Gasteiger partial charge is 0.301 e. The summed E-state index contributed by atoms with van der Waals surface area (Å²) in [6.07, 6.45) is 3.66. The normalized spacial score (nSPS) is 17.3. The van der Waals surface area contributed by atoms with E-state index < -0.39 is 0 Å². The lowest BCUT2D eigenvalue weighted by molar-refractivity contribution is -0.115. The zero-order valence-electron chi connectivity index (χ0n) is 17.4. The van der Waals surface area contributed by atoms with Crippen molar-refractivity contribution in [1.29, 1.82) is 0 Å². The summed E-state index contributed by atoms with van der Waals surface area (Å²) < 4.78 is 0. The van der Waals surface area contributed by atoms with Gasteiger partial charge in [0.1, 0.15) is 9.84 Å². The number of aromatic amines is 1. The lowest BCUT2D eigenvalue weighted by Crippen LogP contribution is -2.25. The number of thioether (sulfide) groups is 1. The molecule has 0 radical (unpaired) electrons. The third kappa shape index (κ3) is 4.31. The smallest absolute Gasteiger partial charge is 0.260 e. The molecule has 2 unspecified atom stereocenters. The molecule has 0 aliphatic heterocycles. The first-order valence-corrected chi connectivity index (χ1v) is 12.7. The maximum atomic E-state index is 12.8. The van der Waals surface area contributed by atoms with Gasteiger partial charge in [0.2, 0.25) is 11.0 Å². The van der Waals surface area contributed by atoms with E-state index in [1.54, 1.807) is 11.3 Å². The molecule has 3 aromatic heterocycles. The van der Waals surface area contributed by atoms with Crippen LogP contribution >= 0.6 is 34.4 Å². The van der Waals surface area contributed by atoms with E-state index in [2.05, 4.69) is 27.4 Å². The molecule has 0 fully saturated rings. The Balaban J connectivity index is 1.54. The number of hydrogen-bond acceptors (Lipinski definition) is 8. The summed E-state index contributed by atoms with van der Waals surface area (Å²) in [4.78, 5) is 35.2. The van der Waals surface area contributed by atoms with E-state index in [4.69, 9.17) is 4.98 Å². The molecule has 7 nitrogen and oxygen atoms in total. The van der Waals surface area contributed by atoms with Gasteiger partial charge in [0.05, 0.1) is 10.6 Å². The van der Waals surface area contributed by atoms with Crippen molar-refractivity contribution in [1.82, 2.24) is 20.2 Å². The second kappa shape index (κ2) is 8.76. The third-order valence-corrected chi connectivity index (χ3v) is 8.76. The molecule has 0 spiro atoms. The Morgan fingerprint density at radius 3 is 2.83 bits per heavy atom. The third-order valence-electron chi connectivity index (χ3n) is 5.23. The van der Waals surface area contributed by atoms with E-state index in [0.29, 0.717) is 22.6 Å². The summed E-state index contributed by atoms with van der Waals surface area (Å²) in [5.74, 6) is 0.754. The average molecular weight is 464 g/mol. The fourth-order valence-electron chi connectivity index (χ4n) is 3.55. The molecular weight excluding hydrogens is 438 g/mol. The first-order valence-electron chi connectivity index (χ1n) is 10.2. The molecule has 3 aromatic rings. The molecule has 1 aliphatic rings. The van der Waals surface area contributed by atoms with Crippen LogP contribution in [0.3, 0.4) is 0 Å². The van der Waals surface area contributed by atoms with E-state index >= 15 is 0 Å². The van der Waals surface area contributed by atoms with E-state index in [1.807, 2.05) is 20.8 Å². The minimum absolute atomic E-state index is 0.101. The fraction of sp³-hybridized carbons (Fsp3) is 0.550. The summed E-state index contributed by atoms with van der Waals surface area (Å²) in [5, 5.41) is 13.2. The average Bonchev–Trinajstić information content (AvgIpc) is 3.30. The molecular formula is C20H25N5O2S3. The lowest BCUT2D eigenvalue weighted by Gasteiger charge is -2.17. The molecule has 30 heavy (non-hydrogen) atoms. The summed E-state index contributed by atoms with van der Waals surface area (Å²) in [5.41, 5.74) is 1.07. The standard InChI is InChI=1S/C20H25N5O2S3/c1-5-12(15(26)21-20-25-24-17(30-20)9(2)3)29-19-22-16(27)14-11-7-6-10(4)8-13(11)28-18(14)23-19/h9-10,12H,5-8H2,1-4H3,(H,21,25,26)(H,22,23,27). The number of carbonyl (C=O) groups is 1. The SMILES string of the molecule is CCC(Sc1nc2sc3c(c2c(=O)[nH]1)CCC(C)C3)C(=O)Nc1nnc(C(C)C)s1. The van der Waals surface area contributed by atoms with Crippen molar-refractivity contribution in [2.45, 2.75) is 69.7 Å². The number of aromatic nitrogens is 4. The van der Waals surface area contributed by atoms with Crippen molar-refractivity contribution in [3.63, 3.8) is 0 Å². The second-order valence-electron chi connectivity index (χ2n) is 8.01. The van der Waals surface area contributed by atoms with Crippen molar-refractivity contribution >= 4 is 55.7 Å². The van der Waals surface area contributed by atoms with Gasteiger partial charge in [-0.15, -0.1) is 21.5 Å². The van der Waals surface area contributed by atoms with E-state index in [0.717, 1.165) is 34.5 Å². The number of rotatable bonds is 6. The number of anilines is 1. The Labute approximate surface area is 187 Å². The van der Waals surface area contributed by atoms with Crippen LogP contribution in [0.5, 0.6) is 0 Å². The van der Waals surface area contributed by atoms with Crippen LogP contribution < -0.4 is 10.9 Å². The number of fused-ring (bicyclic) bond motifs is 3. The minimum Gasteiger partial charge on any atom is -0.301 e. The molecule has 4 rings (SSSR count). The van der Waals surface area contributed by atoms with Gasteiger partial charge in [-0.25, -0.2) is 4.98 Å². The molecule has 2 atom stereocenters. The quantitative estimate of drug-likeness (QED) is 0.409. The molecule has 1 amide bonds. The molecule has 0 aromatic carbocycles. The Hall–Kier alpha value is -1.78. The summed E-state index contributed by atoms with van der Waals surface area (Å²) in [6.45, 7) is 8.27. The molecule has 0 bridgehead atoms. The van der Waals surface area contributed by atoms with Crippen LogP contribution in [0.25, 0.3) is 10.2 Å². The van der Waals surface area contributed by atoms with Crippen molar-refractivity contribution in [2.75, 3.05) is 5.32 Å². The van der Waals surface area contributed by atoms with Crippen LogP contribution in [0.2, 0.25) is 0 Å². The molecule has 160 valence electrons. The summed E-state index contributed by atoms with van der Waals surface area (Å²) in [7, 11) is 0. The van der Waals surface area contributed by atoms with E-state index in [1.165, 1.54) is 33.5 Å². The molecule has 10 heteroatoms. The predicted octanol–water partition coefficient (Wildman–Crippen LogP) is 4.59. The number of hydrogen-bond donors (Lipinski definition) is 2. The zero-order valence-corrected chi connectivity index (χ0v) is 19.9. The minimum atomic E-state index is -0.383. The predicted molar refractivity (Wildman–Crippen MR) is 124 cm³/mol. The number of nitrogens with one attached hydrogen (secondary N) is 2. The van der Waals surface area contributed by atoms with Crippen molar-refractivity contribution in [3.05, 3.63) is 25.8 Å². The number of H-pyrrole nitrogens is 1. The van der Waals surface area contributed by atoms with Crippen LogP contribution in [-0.4, -0.2) is 31.3 Å². The molecule has 0 saturated carbocycles. The van der Waals surface area contributed by atoms with Crippen LogP contribution in [-0.2, 0) is 17.6 Å². The Kier molecular flexibility index (Phi) is 6.26. The van der Waals surface area contributed by atoms with Crippen molar-refractivity contribution in [3.8, 4) is 0 Å². The zero-order chi connectivity index (χ0) is 21.4.